The second kappa shape index (κ2) is 6.03. The minimum Gasteiger partial charge on any atom is -0.468 e. The van der Waals surface area contributed by atoms with E-state index in [4.69, 9.17) is 4.42 Å². The summed E-state index contributed by atoms with van der Waals surface area (Å²) in [5, 5.41) is 3.24. The van der Waals surface area contributed by atoms with Crippen molar-refractivity contribution >= 4 is 10.0 Å². The summed E-state index contributed by atoms with van der Waals surface area (Å²) in [6.07, 6.45) is 3.54. The molecule has 1 heterocycles. The summed E-state index contributed by atoms with van der Waals surface area (Å²) in [7, 11) is -3.06. The van der Waals surface area contributed by atoms with Gasteiger partial charge in [0.2, 0.25) is 10.0 Å². The number of rotatable bonds is 7. The van der Waals surface area contributed by atoms with Crippen molar-refractivity contribution in [1.29, 1.82) is 0 Å². The predicted octanol–water partition coefficient (Wildman–Crippen LogP) is 0.869. The lowest BCUT2D eigenvalue weighted by Gasteiger charge is -2.10. The average Bonchev–Trinajstić information content (AvgIpc) is 2.67. The van der Waals surface area contributed by atoms with Crippen molar-refractivity contribution in [3.05, 3.63) is 24.2 Å². The molecule has 0 radical (unpaired) electrons. The number of furan rings is 1. The third-order valence-corrected chi connectivity index (χ3v) is 2.87. The third-order valence-electron chi connectivity index (χ3n) is 2.14. The molecule has 6 heteroatoms. The largest absolute Gasteiger partial charge is 0.468 e. The summed E-state index contributed by atoms with van der Waals surface area (Å²) in [6, 6.07) is 3.90. The summed E-state index contributed by atoms with van der Waals surface area (Å²) in [5.74, 6) is 0.885. The second-order valence-electron chi connectivity index (χ2n) is 3.71. The van der Waals surface area contributed by atoms with Gasteiger partial charge in [-0.25, -0.2) is 13.1 Å². The van der Waals surface area contributed by atoms with Gasteiger partial charge in [-0.2, -0.15) is 0 Å². The molecule has 0 spiro atoms. The zero-order chi connectivity index (χ0) is 12.0. The van der Waals surface area contributed by atoms with Crippen molar-refractivity contribution in [2.24, 2.45) is 0 Å². The summed E-state index contributed by atoms with van der Waals surface area (Å²) in [5.41, 5.74) is 0. The predicted molar refractivity (Wildman–Crippen MR) is 62.6 cm³/mol. The van der Waals surface area contributed by atoms with E-state index in [1.807, 2.05) is 19.1 Å². The molecule has 1 rings (SSSR count). The summed E-state index contributed by atoms with van der Waals surface area (Å²) < 4.78 is 29.2. The van der Waals surface area contributed by atoms with Gasteiger partial charge in [-0.1, -0.05) is 0 Å². The molecule has 1 aromatic heterocycles. The Hall–Kier alpha value is -0.850. The monoisotopic (exact) mass is 246 g/mol. The Balaban J connectivity index is 2.12. The Morgan fingerprint density at radius 1 is 1.44 bits per heavy atom. The van der Waals surface area contributed by atoms with E-state index >= 15 is 0 Å². The lowest BCUT2D eigenvalue weighted by Crippen LogP contribution is -2.27. The minimum atomic E-state index is -3.06. The molecule has 0 amide bonds. The molecule has 2 N–H and O–H groups in total. The molecule has 16 heavy (non-hydrogen) atoms. The zero-order valence-electron chi connectivity index (χ0n) is 9.56. The van der Waals surface area contributed by atoms with E-state index in [9.17, 15) is 8.42 Å². The van der Waals surface area contributed by atoms with Crippen molar-refractivity contribution in [1.82, 2.24) is 10.0 Å². The van der Waals surface area contributed by atoms with Gasteiger partial charge in [-0.05, 0) is 32.0 Å². The summed E-state index contributed by atoms with van der Waals surface area (Å²) >= 11 is 0. The van der Waals surface area contributed by atoms with Crippen LogP contribution < -0.4 is 10.0 Å². The molecular weight excluding hydrogens is 228 g/mol. The van der Waals surface area contributed by atoms with Gasteiger partial charge in [0.05, 0.1) is 18.6 Å². The fraction of sp³-hybridized carbons (Fsp3) is 0.600. The maximum atomic E-state index is 10.8. The second-order valence-corrected chi connectivity index (χ2v) is 5.54. The summed E-state index contributed by atoms with van der Waals surface area (Å²) in [6.45, 7) is 3.20. The van der Waals surface area contributed by atoms with Gasteiger partial charge in [-0.15, -0.1) is 0 Å². The molecule has 0 fully saturated rings. The zero-order valence-corrected chi connectivity index (χ0v) is 10.4. The molecule has 0 aliphatic rings. The van der Waals surface area contributed by atoms with Crippen molar-refractivity contribution in [2.75, 3.05) is 19.3 Å². The van der Waals surface area contributed by atoms with E-state index in [1.54, 1.807) is 6.26 Å². The van der Waals surface area contributed by atoms with Crippen LogP contribution in [0.15, 0.2) is 22.8 Å². The van der Waals surface area contributed by atoms with Crippen LogP contribution in [0.5, 0.6) is 0 Å². The molecular formula is C10H18N2O3S. The summed E-state index contributed by atoms with van der Waals surface area (Å²) in [4.78, 5) is 0. The van der Waals surface area contributed by atoms with Gasteiger partial charge < -0.3 is 9.73 Å². The number of nitrogens with one attached hydrogen (secondary N) is 2. The van der Waals surface area contributed by atoms with Crippen LogP contribution in [0.2, 0.25) is 0 Å². The fourth-order valence-electron chi connectivity index (χ4n) is 1.30. The van der Waals surface area contributed by atoms with Gasteiger partial charge in [-0.3, -0.25) is 0 Å². The quantitative estimate of drug-likeness (QED) is 0.700. The van der Waals surface area contributed by atoms with Crippen molar-refractivity contribution in [2.45, 2.75) is 19.4 Å². The number of hydrogen-bond donors (Lipinski definition) is 2. The first-order valence-corrected chi connectivity index (χ1v) is 7.09. The molecule has 92 valence electrons. The van der Waals surface area contributed by atoms with Gasteiger partial charge in [0.15, 0.2) is 0 Å². The molecule has 0 bridgehead atoms. The van der Waals surface area contributed by atoms with Gasteiger partial charge in [0, 0.05) is 6.54 Å². The maximum absolute atomic E-state index is 10.8. The highest BCUT2D eigenvalue weighted by molar-refractivity contribution is 7.88. The van der Waals surface area contributed by atoms with Gasteiger partial charge in [0.25, 0.3) is 0 Å². The first kappa shape index (κ1) is 13.2. The van der Waals surface area contributed by atoms with E-state index in [0.29, 0.717) is 6.54 Å². The van der Waals surface area contributed by atoms with Crippen LogP contribution in [0.3, 0.4) is 0 Å². The van der Waals surface area contributed by atoms with Crippen LogP contribution in [0, 0.1) is 0 Å². The third kappa shape index (κ3) is 5.29. The topological polar surface area (TPSA) is 71.3 Å². The van der Waals surface area contributed by atoms with E-state index in [0.717, 1.165) is 25.0 Å². The number of hydrogen-bond acceptors (Lipinski definition) is 4. The molecule has 1 aromatic rings. The Morgan fingerprint density at radius 2 is 2.19 bits per heavy atom. The van der Waals surface area contributed by atoms with Crippen LogP contribution in [0.25, 0.3) is 0 Å². The SMILES string of the molecule is CC(NCCCNS(C)(=O)=O)c1ccco1. The fourth-order valence-corrected chi connectivity index (χ4v) is 1.82. The smallest absolute Gasteiger partial charge is 0.208 e. The Kier molecular flexibility index (Phi) is 4.98. The van der Waals surface area contributed by atoms with E-state index in [2.05, 4.69) is 10.0 Å². The molecule has 0 saturated carbocycles. The first-order valence-electron chi connectivity index (χ1n) is 5.20. The van der Waals surface area contributed by atoms with Crippen molar-refractivity contribution < 1.29 is 12.8 Å². The molecule has 0 aromatic carbocycles. The highest BCUT2D eigenvalue weighted by Crippen LogP contribution is 2.11. The minimum absolute atomic E-state index is 0.147. The molecule has 1 unspecified atom stereocenters. The highest BCUT2D eigenvalue weighted by atomic mass is 32.2. The van der Waals surface area contributed by atoms with Crippen LogP contribution in [0.4, 0.5) is 0 Å². The first-order chi connectivity index (χ1) is 7.49. The Bertz CT molecular complexity index is 386. The molecule has 0 aliphatic heterocycles. The normalized spacial score (nSPS) is 13.9. The number of sulfonamides is 1. The Morgan fingerprint density at radius 3 is 2.75 bits per heavy atom. The van der Waals surface area contributed by atoms with Crippen LogP contribution in [-0.2, 0) is 10.0 Å². The van der Waals surface area contributed by atoms with Crippen LogP contribution in [0.1, 0.15) is 25.1 Å². The molecule has 0 saturated heterocycles. The standard InChI is InChI=1S/C10H18N2O3S/c1-9(10-5-3-8-15-10)11-6-4-7-12-16(2,13)14/h3,5,8-9,11-12H,4,6-7H2,1-2H3. The lowest BCUT2D eigenvalue weighted by molar-refractivity contribution is 0.429. The van der Waals surface area contributed by atoms with E-state index in [1.165, 1.54) is 0 Å². The van der Waals surface area contributed by atoms with Crippen LogP contribution >= 0.6 is 0 Å². The van der Waals surface area contributed by atoms with E-state index < -0.39 is 10.0 Å². The lowest BCUT2D eigenvalue weighted by atomic mass is 10.2. The average molecular weight is 246 g/mol. The van der Waals surface area contributed by atoms with Gasteiger partial charge >= 0.3 is 0 Å². The molecule has 1 atom stereocenters. The molecule has 0 aliphatic carbocycles. The van der Waals surface area contributed by atoms with Crippen LogP contribution in [-0.4, -0.2) is 27.8 Å². The van der Waals surface area contributed by atoms with Gasteiger partial charge in [0.1, 0.15) is 5.76 Å². The highest BCUT2D eigenvalue weighted by Gasteiger charge is 2.06. The van der Waals surface area contributed by atoms with Crippen molar-refractivity contribution in [3.8, 4) is 0 Å². The van der Waals surface area contributed by atoms with Crippen molar-refractivity contribution in [3.63, 3.8) is 0 Å². The Labute approximate surface area is 96.3 Å². The van der Waals surface area contributed by atoms with E-state index in [-0.39, 0.29) is 6.04 Å². The molecule has 5 nitrogen and oxygen atoms in total. The maximum Gasteiger partial charge on any atom is 0.208 e.